The number of hydrogen-bond acceptors (Lipinski definition) is 1. The zero-order valence-electron chi connectivity index (χ0n) is 10.7. The van der Waals surface area contributed by atoms with E-state index in [4.69, 9.17) is 11.6 Å². The lowest BCUT2D eigenvalue weighted by Gasteiger charge is -2.06. The first-order valence-electron chi connectivity index (χ1n) is 6.01. The lowest BCUT2D eigenvalue weighted by atomic mass is 10.1. The number of allylic oxidation sites excluding steroid dienone is 1. The Morgan fingerprint density at radius 3 is 2.05 bits per heavy atom. The van der Waals surface area contributed by atoms with Crippen molar-refractivity contribution in [3.63, 3.8) is 0 Å². The van der Waals surface area contributed by atoms with Gasteiger partial charge in [0.1, 0.15) is 0 Å². The topological polar surface area (TPSA) is 17.1 Å². The average molecular weight is 311 g/mol. The second-order valence-corrected chi connectivity index (χ2v) is 4.76. The molecule has 0 radical (unpaired) electrons. The maximum Gasteiger partial charge on any atom is 0.416 e. The highest BCUT2D eigenvalue weighted by Gasteiger charge is 2.30. The summed E-state index contributed by atoms with van der Waals surface area (Å²) < 4.78 is 37.2. The third-order valence-corrected chi connectivity index (χ3v) is 3.05. The summed E-state index contributed by atoms with van der Waals surface area (Å²) in [7, 11) is 0. The lowest BCUT2D eigenvalue weighted by Crippen LogP contribution is -2.05. The van der Waals surface area contributed by atoms with E-state index in [9.17, 15) is 18.0 Å². The van der Waals surface area contributed by atoms with E-state index in [2.05, 4.69) is 0 Å². The summed E-state index contributed by atoms with van der Waals surface area (Å²) in [5.41, 5.74) is 0.202. The van der Waals surface area contributed by atoms with Crippen LogP contribution in [-0.4, -0.2) is 5.78 Å². The van der Waals surface area contributed by atoms with Crippen molar-refractivity contribution < 1.29 is 18.0 Å². The maximum absolute atomic E-state index is 12.4. The van der Waals surface area contributed by atoms with Gasteiger partial charge in [0.05, 0.1) is 5.56 Å². The van der Waals surface area contributed by atoms with Crippen LogP contribution in [0, 0.1) is 0 Å². The van der Waals surface area contributed by atoms with Crippen LogP contribution in [0.15, 0.2) is 54.6 Å². The average Bonchev–Trinajstić information content (AvgIpc) is 2.45. The van der Waals surface area contributed by atoms with Gasteiger partial charge in [0.15, 0.2) is 5.78 Å². The van der Waals surface area contributed by atoms with E-state index < -0.39 is 11.7 Å². The van der Waals surface area contributed by atoms with Crippen molar-refractivity contribution in [2.24, 2.45) is 0 Å². The summed E-state index contributed by atoms with van der Waals surface area (Å²) >= 11 is 5.74. The molecule has 0 atom stereocenters. The largest absolute Gasteiger partial charge is 0.416 e. The third kappa shape index (κ3) is 4.20. The van der Waals surface area contributed by atoms with Crippen LogP contribution < -0.4 is 0 Å². The van der Waals surface area contributed by atoms with E-state index in [1.54, 1.807) is 30.3 Å². The second kappa shape index (κ2) is 6.14. The predicted octanol–water partition coefficient (Wildman–Crippen LogP) is 5.25. The minimum Gasteiger partial charge on any atom is -0.289 e. The smallest absolute Gasteiger partial charge is 0.289 e. The Morgan fingerprint density at radius 1 is 0.952 bits per heavy atom. The molecule has 0 fully saturated rings. The summed E-state index contributed by atoms with van der Waals surface area (Å²) in [4.78, 5) is 11.9. The van der Waals surface area contributed by atoms with E-state index in [-0.39, 0.29) is 11.3 Å². The highest BCUT2D eigenvalue weighted by atomic mass is 35.5. The Labute approximate surface area is 124 Å². The number of hydrogen-bond donors (Lipinski definition) is 0. The second-order valence-electron chi connectivity index (χ2n) is 4.32. The van der Waals surface area contributed by atoms with Crippen molar-refractivity contribution in [2.75, 3.05) is 0 Å². The molecule has 0 amide bonds. The molecule has 1 nitrogen and oxygen atoms in total. The fourth-order valence-electron chi connectivity index (χ4n) is 1.67. The van der Waals surface area contributed by atoms with Crippen molar-refractivity contribution in [3.05, 3.63) is 76.3 Å². The van der Waals surface area contributed by atoms with E-state index in [1.165, 1.54) is 6.08 Å². The lowest BCUT2D eigenvalue weighted by molar-refractivity contribution is -0.137. The number of alkyl halides is 3. The maximum atomic E-state index is 12.4. The molecule has 0 unspecified atom stereocenters. The van der Waals surface area contributed by atoms with E-state index >= 15 is 0 Å². The molecule has 108 valence electrons. The molecule has 0 N–H and O–H groups in total. The van der Waals surface area contributed by atoms with Crippen LogP contribution in [0.5, 0.6) is 0 Å². The number of carbonyl (C=O) groups is 1. The van der Waals surface area contributed by atoms with Crippen molar-refractivity contribution in [1.82, 2.24) is 0 Å². The van der Waals surface area contributed by atoms with Crippen molar-refractivity contribution in [2.45, 2.75) is 6.18 Å². The van der Waals surface area contributed by atoms with Gasteiger partial charge >= 0.3 is 6.18 Å². The van der Waals surface area contributed by atoms with E-state index in [1.807, 2.05) is 0 Å². The number of rotatable bonds is 3. The minimum absolute atomic E-state index is 0.202. The van der Waals surface area contributed by atoms with Gasteiger partial charge in [-0.15, -0.1) is 0 Å². The molecule has 0 bridgehead atoms. The van der Waals surface area contributed by atoms with Gasteiger partial charge in [0.2, 0.25) is 0 Å². The zero-order valence-corrected chi connectivity index (χ0v) is 11.4. The van der Waals surface area contributed by atoms with Crippen molar-refractivity contribution in [3.8, 4) is 0 Å². The SMILES string of the molecule is O=C(/C=C/c1ccc(Cl)cc1)c1ccc(C(F)(F)F)cc1. The molecule has 2 aromatic carbocycles. The van der Waals surface area contributed by atoms with Gasteiger partial charge in [-0.25, -0.2) is 0 Å². The summed E-state index contributed by atoms with van der Waals surface area (Å²) in [5.74, 6) is -0.362. The molecule has 0 aliphatic rings. The molecule has 0 saturated carbocycles. The zero-order chi connectivity index (χ0) is 15.5. The normalized spacial score (nSPS) is 11.8. The quantitative estimate of drug-likeness (QED) is 0.558. The monoisotopic (exact) mass is 310 g/mol. The standard InChI is InChI=1S/C16H10ClF3O/c17-14-8-1-11(2-9-14)3-10-15(21)12-4-6-13(7-5-12)16(18,19)20/h1-10H/b10-3+. The van der Waals surface area contributed by atoms with Crippen LogP contribution >= 0.6 is 11.6 Å². The molecule has 0 saturated heterocycles. The highest BCUT2D eigenvalue weighted by molar-refractivity contribution is 6.30. The van der Waals surface area contributed by atoms with Gasteiger partial charge in [-0.05, 0) is 35.9 Å². The number of halogens is 4. The molecule has 21 heavy (non-hydrogen) atoms. The fourth-order valence-corrected chi connectivity index (χ4v) is 1.79. The Bertz CT molecular complexity index is 655. The first kappa shape index (κ1) is 15.3. The first-order chi connectivity index (χ1) is 9.86. The van der Waals surface area contributed by atoms with Crippen LogP contribution in [0.25, 0.3) is 6.08 Å². The third-order valence-electron chi connectivity index (χ3n) is 2.79. The van der Waals surface area contributed by atoms with Crippen molar-refractivity contribution in [1.29, 1.82) is 0 Å². The van der Waals surface area contributed by atoms with Gasteiger partial charge in [0, 0.05) is 10.6 Å². The Balaban J connectivity index is 2.11. The van der Waals surface area contributed by atoms with Crippen molar-refractivity contribution >= 4 is 23.5 Å². The van der Waals surface area contributed by atoms with Crippen LogP contribution in [0.4, 0.5) is 13.2 Å². The first-order valence-corrected chi connectivity index (χ1v) is 6.39. The summed E-state index contributed by atoms with van der Waals surface area (Å²) in [6.45, 7) is 0. The number of benzene rings is 2. The minimum atomic E-state index is -4.40. The van der Waals surface area contributed by atoms with Crippen LogP contribution in [-0.2, 0) is 6.18 Å². The van der Waals surface area contributed by atoms with Gasteiger partial charge in [-0.2, -0.15) is 13.2 Å². The van der Waals surface area contributed by atoms with E-state index in [0.717, 1.165) is 29.8 Å². The highest BCUT2D eigenvalue weighted by Crippen LogP contribution is 2.29. The van der Waals surface area contributed by atoms with Crippen LogP contribution in [0.2, 0.25) is 5.02 Å². The molecule has 2 rings (SSSR count). The molecule has 0 aliphatic heterocycles. The van der Waals surface area contributed by atoms with Gasteiger partial charge in [0.25, 0.3) is 0 Å². The van der Waals surface area contributed by atoms with Crippen LogP contribution in [0.3, 0.4) is 0 Å². The van der Waals surface area contributed by atoms with Gasteiger partial charge in [-0.3, -0.25) is 4.79 Å². The molecular weight excluding hydrogens is 301 g/mol. The van der Waals surface area contributed by atoms with E-state index in [0.29, 0.717) is 5.02 Å². The summed E-state index contributed by atoms with van der Waals surface area (Å²) in [6.07, 6.45) is -1.51. The summed E-state index contributed by atoms with van der Waals surface area (Å²) in [5, 5.41) is 0.584. The molecule has 0 aromatic heterocycles. The number of carbonyl (C=O) groups excluding carboxylic acids is 1. The molecule has 0 spiro atoms. The van der Waals surface area contributed by atoms with Crippen LogP contribution in [0.1, 0.15) is 21.5 Å². The molecular formula is C16H10ClF3O. The molecule has 2 aromatic rings. The Morgan fingerprint density at radius 2 is 1.52 bits per heavy atom. The number of ketones is 1. The predicted molar refractivity (Wildman–Crippen MR) is 76.3 cm³/mol. The molecule has 5 heteroatoms. The summed E-state index contributed by atoms with van der Waals surface area (Å²) in [6, 6.07) is 11.0. The van der Waals surface area contributed by atoms with Gasteiger partial charge in [-0.1, -0.05) is 41.9 Å². The molecule has 0 aliphatic carbocycles. The Kier molecular flexibility index (Phi) is 4.48. The Hall–Kier alpha value is -2.07. The van der Waals surface area contributed by atoms with Gasteiger partial charge < -0.3 is 0 Å². The molecule has 0 heterocycles. The fraction of sp³-hybridized carbons (Fsp3) is 0.0625.